The van der Waals surface area contributed by atoms with E-state index in [2.05, 4.69) is 15.0 Å². The largest absolute Gasteiger partial charge is 0.361 e. The molecule has 5 nitrogen and oxygen atoms in total. The van der Waals surface area contributed by atoms with E-state index in [0.29, 0.717) is 12.8 Å². The number of rotatable bonds is 5. The summed E-state index contributed by atoms with van der Waals surface area (Å²) in [5.74, 6) is 0.816. The van der Waals surface area contributed by atoms with Crippen molar-refractivity contribution in [2.24, 2.45) is 0 Å². The molecule has 0 aliphatic heterocycles. The number of aryl methyl sites for hydroxylation is 1. The lowest BCUT2D eigenvalue weighted by molar-refractivity contribution is -0.107. The second kappa shape index (κ2) is 5.68. The predicted octanol–water partition coefficient (Wildman–Crippen LogP) is 1.80. The fraction of sp³-hybridized carbons (Fsp3) is 0.333. The van der Waals surface area contributed by atoms with E-state index in [1.807, 2.05) is 24.4 Å². The van der Waals surface area contributed by atoms with Crippen LogP contribution in [0.5, 0.6) is 0 Å². The second-order valence-corrected chi connectivity index (χ2v) is 4.86. The third kappa shape index (κ3) is 2.89. The van der Waals surface area contributed by atoms with Gasteiger partial charge in [-0.1, -0.05) is 0 Å². The maximum atomic E-state index is 10.3. The van der Waals surface area contributed by atoms with Gasteiger partial charge in [-0.2, -0.15) is 0 Å². The van der Waals surface area contributed by atoms with Crippen LogP contribution < -0.4 is 4.90 Å². The van der Waals surface area contributed by atoms with Crippen molar-refractivity contribution in [3.63, 3.8) is 0 Å². The Morgan fingerprint density at radius 2 is 2.17 bits per heavy atom. The van der Waals surface area contributed by atoms with Gasteiger partial charge >= 0.3 is 0 Å². The second-order valence-electron chi connectivity index (χ2n) is 4.00. The molecule has 0 aromatic carbocycles. The summed E-state index contributed by atoms with van der Waals surface area (Å²) in [5, 5.41) is 2.80. The molecule has 0 fully saturated rings. The molecule has 0 saturated carbocycles. The van der Waals surface area contributed by atoms with Crippen molar-refractivity contribution in [3.8, 4) is 10.7 Å². The molecule has 2 aromatic heterocycles. The number of nitrogens with zero attached hydrogens (tertiary/aromatic N) is 4. The topological polar surface area (TPSA) is 59.0 Å². The van der Waals surface area contributed by atoms with Gasteiger partial charge in [0, 0.05) is 25.9 Å². The van der Waals surface area contributed by atoms with Crippen molar-refractivity contribution in [2.45, 2.75) is 12.8 Å². The molecular formula is C12H14N4OS. The standard InChI is InChI=1S/C12H14N4OS/c1-16(2)11-7-13-10(6-14-11)12-15-9(8-18-12)4-3-5-17/h5-8H,3-4H2,1-2H3. The smallest absolute Gasteiger partial charge is 0.146 e. The summed E-state index contributed by atoms with van der Waals surface area (Å²) in [7, 11) is 3.84. The molecule has 2 aromatic rings. The first-order chi connectivity index (χ1) is 8.70. The van der Waals surface area contributed by atoms with Crippen molar-refractivity contribution in [2.75, 3.05) is 19.0 Å². The maximum absolute atomic E-state index is 10.3. The molecule has 0 amide bonds. The van der Waals surface area contributed by atoms with Crippen LogP contribution in [0.4, 0.5) is 5.82 Å². The van der Waals surface area contributed by atoms with Crippen LogP contribution in [0.25, 0.3) is 10.7 Å². The zero-order chi connectivity index (χ0) is 13.0. The Balaban J connectivity index is 2.15. The summed E-state index contributed by atoms with van der Waals surface area (Å²) >= 11 is 1.52. The summed E-state index contributed by atoms with van der Waals surface area (Å²) in [4.78, 5) is 25.3. The number of aromatic nitrogens is 3. The molecule has 0 atom stereocenters. The number of hydrogen-bond acceptors (Lipinski definition) is 6. The Morgan fingerprint density at radius 1 is 1.33 bits per heavy atom. The lowest BCUT2D eigenvalue weighted by Crippen LogP contribution is -2.10. The molecule has 2 heterocycles. The lowest BCUT2D eigenvalue weighted by atomic mass is 10.3. The first-order valence-corrected chi connectivity index (χ1v) is 6.46. The Bertz CT molecular complexity index is 521. The number of aldehydes is 1. The molecule has 0 aliphatic rings. The molecular weight excluding hydrogens is 248 g/mol. The molecule has 0 radical (unpaired) electrons. The monoisotopic (exact) mass is 262 g/mol. The number of thiazole rings is 1. The van der Waals surface area contributed by atoms with Crippen molar-refractivity contribution >= 4 is 23.4 Å². The molecule has 0 N–H and O–H groups in total. The average Bonchev–Trinajstić information content (AvgIpc) is 2.85. The Kier molecular flexibility index (Phi) is 3.99. The molecule has 2 rings (SSSR count). The minimum atomic E-state index is 0.508. The third-order valence-corrected chi connectivity index (χ3v) is 3.30. The van der Waals surface area contributed by atoms with Crippen LogP contribution in [0.2, 0.25) is 0 Å². The van der Waals surface area contributed by atoms with Gasteiger partial charge in [0.1, 0.15) is 22.8 Å². The molecule has 0 spiro atoms. The van der Waals surface area contributed by atoms with E-state index in [1.165, 1.54) is 11.3 Å². The SMILES string of the molecule is CN(C)c1cnc(-c2nc(CCC=O)cs2)cn1. The normalized spacial score (nSPS) is 10.3. The van der Waals surface area contributed by atoms with Crippen LogP contribution >= 0.6 is 11.3 Å². The van der Waals surface area contributed by atoms with E-state index in [4.69, 9.17) is 0 Å². The van der Waals surface area contributed by atoms with Gasteiger partial charge < -0.3 is 9.69 Å². The first kappa shape index (κ1) is 12.6. The van der Waals surface area contributed by atoms with Crippen molar-refractivity contribution in [1.82, 2.24) is 15.0 Å². The fourth-order valence-corrected chi connectivity index (χ4v) is 2.22. The third-order valence-electron chi connectivity index (χ3n) is 2.39. The lowest BCUT2D eigenvalue weighted by Gasteiger charge is -2.09. The molecule has 6 heteroatoms. The van der Waals surface area contributed by atoms with Gasteiger partial charge in [0.05, 0.1) is 18.1 Å². The number of carbonyl (C=O) groups is 1. The van der Waals surface area contributed by atoms with E-state index >= 15 is 0 Å². The summed E-state index contributed by atoms with van der Waals surface area (Å²) in [6.07, 6.45) is 5.54. The van der Waals surface area contributed by atoms with Crippen LogP contribution in [0.3, 0.4) is 0 Å². The van der Waals surface area contributed by atoms with E-state index in [1.54, 1.807) is 12.4 Å². The Hall–Kier alpha value is -1.82. The fourth-order valence-electron chi connectivity index (χ4n) is 1.41. The van der Waals surface area contributed by atoms with Crippen molar-refractivity contribution in [3.05, 3.63) is 23.5 Å². The quantitative estimate of drug-likeness (QED) is 0.769. The van der Waals surface area contributed by atoms with Gasteiger partial charge in [-0.25, -0.2) is 15.0 Å². The van der Waals surface area contributed by atoms with Crippen LogP contribution in [0, 0.1) is 0 Å². The van der Waals surface area contributed by atoms with Gasteiger partial charge in [-0.15, -0.1) is 11.3 Å². The van der Waals surface area contributed by atoms with Gasteiger partial charge in [0.15, 0.2) is 0 Å². The highest BCUT2D eigenvalue weighted by atomic mass is 32.1. The molecule has 0 unspecified atom stereocenters. The van der Waals surface area contributed by atoms with Gasteiger partial charge in [0.2, 0.25) is 0 Å². The Morgan fingerprint density at radius 3 is 2.78 bits per heavy atom. The molecule has 0 saturated heterocycles. The maximum Gasteiger partial charge on any atom is 0.146 e. The van der Waals surface area contributed by atoms with E-state index in [0.717, 1.165) is 28.5 Å². The zero-order valence-electron chi connectivity index (χ0n) is 10.3. The highest BCUT2D eigenvalue weighted by molar-refractivity contribution is 7.13. The molecule has 94 valence electrons. The van der Waals surface area contributed by atoms with Gasteiger partial charge in [-0.05, 0) is 6.42 Å². The van der Waals surface area contributed by atoms with Gasteiger partial charge in [-0.3, -0.25) is 0 Å². The molecule has 0 bridgehead atoms. The highest BCUT2D eigenvalue weighted by Crippen LogP contribution is 2.22. The van der Waals surface area contributed by atoms with E-state index in [-0.39, 0.29) is 0 Å². The number of anilines is 1. The number of hydrogen-bond donors (Lipinski definition) is 0. The number of carbonyl (C=O) groups excluding carboxylic acids is 1. The summed E-state index contributed by atoms with van der Waals surface area (Å²) in [5.41, 5.74) is 1.70. The summed E-state index contributed by atoms with van der Waals surface area (Å²) < 4.78 is 0. The van der Waals surface area contributed by atoms with Gasteiger partial charge in [0.25, 0.3) is 0 Å². The van der Waals surface area contributed by atoms with E-state index in [9.17, 15) is 4.79 Å². The zero-order valence-corrected chi connectivity index (χ0v) is 11.1. The average molecular weight is 262 g/mol. The van der Waals surface area contributed by atoms with E-state index < -0.39 is 0 Å². The van der Waals surface area contributed by atoms with Crippen molar-refractivity contribution < 1.29 is 4.79 Å². The van der Waals surface area contributed by atoms with Crippen LogP contribution in [-0.4, -0.2) is 35.3 Å². The predicted molar refractivity (Wildman–Crippen MR) is 71.9 cm³/mol. The highest BCUT2D eigenvalue weighted by Gasteiger charge is 2.07. The summed E-state index contributed by atoms with van der Waals surface area (Å²) in [6, 6.07) is 0. The Labute approximate surface area is 110 Å². The van der Waals surface area contributed by atoms with Crippen molar-refractivity contribution in [1.29, 1.82) is 0 Å². The minimum absolute atomic E-state index is 0.508. The minimum Gasteiger partial charge on any atom is -0.361 e. The molecule has 18 heavy (non-hydrogen) atoms. The van der Waals surface area contributed by atoms with Crippen LogP contribution in [0.1, 0.15) is 12.1 Å². The first-order valence-electron chi connectivity index (χ1n) is 5.58. The van der Waals surface area contributed by atoms with Crippen LogP contribution in [0.15, 0.2) is 17.8 Å². The summed E-state index contributed by atoms with van der Waals surface area (Å²) in [6.45, 7) is 0. The molecule has 0 aliphatic carbocycles. The van der Waals surface area contributed by atoms with Crippen LogP contribution in [-0.2, 0) is 11.2 Å².